The molecule has 1 aromatic rings. The molecule has 0 aromatic heterocycles. The standard InChI is InChI=1S/C29H44O8S2/c1-5-10-24-25(12-11-23(21(4)30)28(24)33)36-17-8-9-18-38-20-22-19-37-29(39-22,15-13-26(31)34-6-2)16-14-27(32)35-7-3/h11-12,22,33H,5-10,13-20H2,1-4H3. The van der Waals surface area contributed by atoms with Gasteiger partial charge < -0.3 is 24.1 Å². The molecule has 1 atom stereocenters. The van der Waals surface area contributed by atoms with Gasteiger partial charge in [-0.1, -0.05) is 13.3 Å². The summed E-state index contributed by atoms with van der Waals surface area (Å²) >= 11 is 3.59. The second kappa shape index (κ2) is 17.7. The molecule has 1 N–H and O–H groups in total. The number of Topliss-reactive ketones (excluding diaryl/α,β-unsaturated/α-hetero) is 1. The van der Waals surface area contributed by atoms with Crippen molar-refractivity contribution in [2.45, 2.75) is 89.2 Å². The highest BCUT2D eigenvalue weighted by atomic mass is 32.2. The summed E-state index contributed by atoms with van der Waals surface area (Å²) in [6, 6.07) is 3.41. The molecule has 1 heterocycles. The molecule has 0 amide bonds. The third kappa shape index (κ3) is 11.2. The zero-order valence-corrected chi connectivity index (χ0v) is 25.4. The number of carbonyl (C=O) groups excluding carboxylic acids is 3. The quantitative estimate of drug-likeness (QED) is 0.119. The first-order valence-electron chi connectivity index (χ1n) is 13.9. The van der Waals surface area contributed by atoms with Crippen LogP contribution in [0.5, 0.6) is 11.5 Å². The van der Waals surface area contributed by atoms with E-state index in [1.165, 1.54) is 6.92 Å². The van der Waals surface area contributed by atoms with Crippen LogP contribution in [-0.2, 0) is 30.2 Å². The fourth-order valence-electron chi connectivity index (χ4n) is 4.37. The first-order valence-corrected chi connectivity index (χ1v) is 16.0. The summed E-state index contributed by atoms with van der Waals surface area (Å²) in [5.74, 6) is 1.94. The molecule has 0 saturated carbocycles. The number of aromatic hydroxyl groups is 1. The van der Waals surface area contributed by atoms with Crippen LogP contribution in [0, 0.1) is 0 Å². The largest absolute Gasteiger partial charge is 0.507 e. The zero-order valence-electron chi connectivity index (χ0n) is 23.8. The highest BCUT2D eigenvalue weighted by molar-refractivity contribution is 8.04. The van der Waals surface area contributed by atoms with E-state index in [2.05, 4.69) is 0 Å². The number of unbranched alkanes of at least 4 members (excludes halogenated alkanes) is 1. The molecule has 10 heteroatoms. The molecule has 8 nitrogen and oxygen atoms in total. The van der Waals surface area contributed by atoms with Crippen LogP contribution in [0.15, 0.2) is 12.1 Å². The number of thioether (sulfide) groups is 2. The van der Waals surface area contributed by atoms with Gasteiger partial charge in [-0.3, -0.25) is 14.4 Å². The maximum atomic E-state index is 11.9. The Morgan fingerprint density at radius 1 is 1.08 bits per heavy atom. The minimum Gasteiger partial charge on any atom is -0.507 e. The lowest BCUT2D eigenvalue weighted by Gasteiger charge is -2.27. The Labute approximate surface area is 241 Å². The van der Waals surface area contributed by atoms with E-state index < -0.39 is 4.93 Å². The highest BCUT2D eigenvalue weighted by Gasteiger charge is 2.41. The fraction of sp³-hybridized carbons (Fsp3) is 0.690. The third-order valence-corrected chi connectivity index (χ3v) is 9.33. The van der Waals surface area contributed by atoms with E-state index >= 15 is 0 Å². The predicted molar refractivity (Wildman–Crippen MR) is 156 cm³/mol. The SMILES string of the molecule is CCCc1c(OCCCCSCC2COC(CCC(=O)OCC)(CCC(=O)OCC)S2)ccc(C(C)=O)c1O. The number of hydrogen-bond acceptors (Lipinski definition) is 10. The molecule has 2 rings (SSSR count). The van der Waals surface area contributed by atoms with Crippen molar-refractivity contribution in [2.75, 3.05) is 37.9 Å². The maximum absolute atomic E-state index is 11.9. The van der Waals surface area contributed by atoms with E-state index in [0.717, 1.165) is 30.8 Å². The molecule has 1 fully saturated rings. The van der Waals surface area contributed by atoms with Crippen LogP contribution in [0.25, 0.3) is 0 Å². The van der Waals surface area contributed by atoms with Crippen molar-refractivity contribution in [3.05, 3.63) is 23.3 Å². The molecule has 1 aromatic carbocycles. The lowest BCUT2D eigenvalue weighted by atomic mass is 10.0. The summed E-state index contributed by atoms with van der Waals surface area (Å²) in [5, 5.41) is 10.8. The number of ether oxygens (including phenoxy) is 4. The molecule has 1 saturated heterocycles. The minimum absolute atomic E-state index is 0.0364. The van der Waals surface area contributed by atoms with Crippen molar-refractivity contribution in [1.82, 2.24) is 0 Å². The lowest BCUT2D eigenvalue weighted by molar-refractivity contribution is -0.144. The topological polar surface area (TPSA) is 108 Å². The molecule has 0 aliphatic carbocycles. The van der Waals surface area contributed by atoms with Crippen LogP contribution in [0.4, 0.5) is 0 Å². The normalized spacial score (nSPS) is 16.2. The van der Waals surface area contributed by atoms with Crippen LogP contribution in [-0.4, -0.2) is 70.9 Å². The van der Waals surface area contributed by atoms with Gasteiger partial charge in [0.15, 0.2) is 5.78 Å². The van der Waals surface area contributed by atoms with E-state index in [1.54, 1.807) is 37.7 Å². The van der Waals surface area contributed by atoms with Crippen LogP contribution in [0.2, 0.25) is 0 Å². The number of benzene rings is 1. The molecular formula is C29H44O8S2. The fourth-order valence-corrected chi connectivity index (χ4v) is 7.18. The van der Waals surface area contributed by atoms with Gasteiger partial charge in [-0.05, 0) is 70.8 Å². The van der Waals surface area contributed by atoms with Gasteiger partial charge >= 0.3 is 11.9 Å². The van der Waals surface area contributed by atoms with Crippen molar-refractivity contribution < 1.29 is 38.4 Å². The van der Waals surface area contributed by atoms with Crippen LogP contribution in [0.1, 0.15) is 88.6 Å². The van der Waals surface area contributed by atoms with Gasteiger partial charge in [-0.15, -0.1) is 11.8 Å². The molecule has 220 valence electrons. The predicted octanol–water partition coefficient (Wildman–Crippen LogP) is 5.95. The van der Waals surface area contributed by atoms with Crippen LogP contribution < -0.4 is 4.74 Å². The maximum Gasteiger partial charge on any atom is 0.305 e. The Morgan fingerprint density at radius 3 is 2.33 bits per heavy atom. The molecule has 0 radical (unpaired) electrons. The summed E-state index contributed by atoms with van der Waals surface area (Å²) < 4.78 is 22.3. The second-order valence-corrected chi connectivity index (χ2v) is 12.2. The minimum atomic E-state index is -0.571. The second-order valence-electron chi connectivity index (χ2n) is 9.45. The molecule has 1 unspecified atom stereocenters. The van der Waals surface area contributed by atoms with E-state index in [-0.39, 0.29) is 41.6 Å². The van der Waals surface area contributed by atoms with Crippen LogP contribution in [0.3, 0.4) is 0 Å². The molecule has 1 aliphatic rings. The summed E-state index contributed by atoms with van der Waals surface area (Å²) in [4.78, 5) is 35.1. The first kappa shape index (κ1) is 33.3. The summed E-state index contributed by atoms with van der Waals surface area (Å²) in [6.07, 6.45) is 4.91. The average Bonchev–Trinajstić information content (AvgIpc) is 3.31. The van der Waals surface area contributed by atoms with Crippen molar-refractivity contribution in [2.24, 2.45) is 0 Å². The Balaban J connectivity index is 1.76. The van der Waals surface area contributed by atoms with E-state index in [1.807, 2.05) is 18.7 Å². The number of phenolic OH excluding ortho intramolecular Hbond substituents is 1. The van der Waals surface area contributed by atoms with E-state index in [0.29, 0.717) is 62.6 Å². The number of ketones is 1. The number of rotatable bonds is 19. The summed E-state index contributed by atoms with van der Waals surface area (Å²) in [6.45, 7) is 8.88. The van der Waals surface area contributed by atoms with Gasteiger partial charge in [0.05, 0.1) is 32.0 Å². The Kier molecular flexibility index (Phi) is 15.1. The van der Waals surface area contributed by atoms with Gasteiger partial charge in [0.2, 0.25) is 0 Å². The van der Waals surface area contributed by atoms with E-state index in [4.69, 9.17) is 18.9 Å². The number of carbonyl (C=O) groups is 3. The number of hydrogen-bond donors (Lipinski definition) is 1. The van der Waals surface area contributed by atoms with Gasteiger partial charge in [-0.2, -0.15) is 11.8 Å². The third-order valence-electron chi connectivity index (χ3n) is 6.31. The summed E-state index contributed by atoms with van der Waals surface area (Å²) in [7, 11) is 0. The smallest absolute Gasteiger partial charge is 0.305 e. The molecule has 39 heavy (non-hydrogen) atoms. The molecule has 1 aliphatic heterocycles. The van der Waals surface area contributed by atoms with Gasteiger partial charge in [0, 0.05) is 29.4 Å². The Bertz CT molecular complexity index is 914. The zero-order chi connectivity index (χ0) is 28.7. The van der Waals surface area contributed by atoms with Crippen LogP contribution >= 0.6 is 23.5 Å². The number of esters is 2. The van der Waals surface area contributed by atoms with Crippen molar-refractivity contribution in [3.8, 4) is 11.5 Å². The van der Waals surface area contributed by atoms with Crippen molar-refractivity contribution >= 4 is 41.2 Å². The van der Waals surface area contributed by atoms with Gasteiger partial charge in [0.1, 0.15) is 16.4 Å². The first-order chi connectivity index (χ1) is 18.7. The molecular weight excluding hydrogens is 540 g/mol. The monoisotopic (exact) mass is 584 g/mol. The van der Waals surface area contributed by atoms with Gasteiger partial charge in [-0.25, -0.2) is 0 Å². The summed E-state index contributed by atoms with van der Waals surface area (Å²) in [5.41, 5.74) is 1.04. The molecule has 0 spiro atoms. The van der Waals surface area contributed by atoms with E-state index in [9.17, 15) is 19.5 Å². The number of phenols is 1. The average molecular weight is 585 g/mol. The van der Waals surface area contributed by atoms with Crippen molar-refractivity contribution in [3.63, 3.8) is 0 Å². The Morgan fingerprint density at radius 2 is 1.74 bits per heavy atom. The lowest BCUT2D eigenvalue weighted by Crippen LogP contribution is -2.27. The van der Waals surface area contributed by atoms with Crippen molar-refractivity contribution in [1.29, 1.82) is 0 Å². The molecule has 0 bridgehead atoms. The Hall–Kier alpha value is -1.91. The van der Waals surface area contributed by atoms with Gasteiger partial charge in [0.25, 0.3) is 0 Å². The highest BCUT2D eigenvalue weighted by Crippen LogP contribution is 2.45.